The molecule has 1 aromatic carbocycles. The Morgan fingerprint density at radius 2 is 2.06 bits per heavy atom. The number of nitrogens with one attached hydrogen (secondary N) is 2. The molecule has 0 aliphatic carbocycles. The monoisotopic (exact) mass is 270 g/mol. The lowest BCUT2D eigenvalue weighted by Crippen LogP contribution is -2.46. The molecule has 2 N–H and O–H groups in total. The van der Waals surface area contributed by atoms with Crippen molar-refractivity contribution in [2.24, 2.45) is 0 Å². The minimum absolute atomic E-state index is 0.304. The van der Waals surface area contributed by atoms with E-state index in [9.17, 15) is 9.59 Å². The SMILES string of the molecule is C[C@]1(CSc2ccccc2Cl)NC(=O)NC1=O. The minimum atomic E-state index is -0.874. The van der Waals surface area contributed by atoms with Crippen LogP contribution in [0.2, 0.25) is 5.02 Å². The number of amides is 3. The van der Waals surface area contributed by atoms with Crippen LogP contribution in [-0.2, 0) is 4.79 Å². The second-order valence-electron chi connectivity index (χ2n) is 3.96. The third-order valence-corrected chi connectivity index (χ3v) is 4.30. The van der Waals surface area contributed by atoms with Gasteiger partial charge in [-0.1, -0.05) is 23.7 Å². The van der Waals surface area contributed by atoms with Gasteiger partial charge in [-0.2, -0.15) is 0 Å². The molecule has 6 heteroatoms. The fourth-order valence-electron chi connectivity index (χ4n) is 1.47. The van der Waals surface area contributed by atoms with E-state index < -0.39 is 11.6 Å². The summed E-state index contributed by atoms with van der Waals surface area (Å²) in [5.41, 5.74) is -0.874. The molecular formula is C11H11ClN2O2S. The summed E-state index contributed by atoms with van der Waals surface area (Å²) in [6, 6.07) is 6.95. The molecule has 0 radical (unpaired) electrons. The molecule has 1 saturated heterocycles. The van der Waals surface area contributed by atoms with Crippen molar-refractivity contribution in [1.82, 2.24) is 10.6 Å². The molecular weight excluding hydrogens is 260 g/mol. The maximum atomic E-state index is 11.6. The van der Waals surface area contributed by atoms with Crippen molar-refractivity contribution in [3.8, 4) is 0 Å². The van der Waals surface area contributed by atoms with Gasteiger partial charge in [-0.25, -0.2) is 4.79 Å². The molecule has 3 amide bonds. The first kappa shape index (κ1) is 12.3. The highest BCUT2D eigenvalue weighted by Crippen LogP contribution is 2.29. The van der Waals surface area contributed by atoms with Crippen LogP contribution in [0.25, 0.3) is 0 Å². The topological polar surface area (TPSA) is 58.2 Å². The van der Waals surface area contributed by atoms with Crippen molar-refractivity contribution in [3.63, 3.8) is 0 Å². The van der Waals surface area contributed by atoms with E-state index in [1.165, 1.54) is 11.8 Å². The van der Waals surface area contributed by atoms with E-state index in [-0.39, 0.29) is 5.91 Å². The van der Waals surface area contributed by atoms with Crippen molar-refractivity contribution in [1.29, 1.82) is 0 Å². The second kappa shape index (κ2) is 4.58. The zero-order valence-corrected chi connectivity index (χ0v) is 10.7. The Morgan fingerprint density at radius 1 is 1.35 bits per heavy atom. The summed E-state index contributed by atoms with van der Waals surface area (Å²) in [4.78, 5) is 23.5. The number of urea groups is 1. The Morgan fingerprint density at radius 3 is 2.65 bits per heavy atom. The highest BCUT2D eigenvalue weighted by molar-refractivity contribution is 7.99. The zero-order chi connectivity index (χ0) is 12.5. The average molecular weight is 271 g/mol. The van der Waals surface area contributed by atoms with Crippen LogP contribution in [0.3, 0.4) is 0 Å². The average Bonchev–Trinajstić information content (AvgIpc) is 2.52. The van der Waals surface area contributed by atoms with Crippen molar-refractivity contribution in [2.45, 2.75) is 17.4 Å². The predicted octanol–water partition coefficient (Wildman–Crippen LogP) is 2.03. The van der Waals surface area contributed by atoms with Crippen LogP contribution in [0.15, 0.2) is 29.2 Å². The van der Waals surface area contributed by atoms with Gasteiger partial charge < -0.3 is 5.32 Å². The summed E-state index contributed by atoms with van der Waals surface area (Å²) in [6.07, 6.45) is 0. The van der Waals surface area contributed by atoms with Gasteiger partial charge in [0.2, 0.25) is 0 Å². The normalized spacial score (nSPS) is 23.4. The molecule has 1 aliphatic rings. The number of halogens is 1. The van der Waals surface area contributed by atoms with E-state index >= 15 is 0 Å². The van der Waals surface area contributed by atoms with Crippen molar-refractivity contribution >= 4 is 35.3 Å². The standard InChI is InChI=1S/C11H11ClN2O2S/c1-11(9(15)13-10(16)14-11)6-17-8-5-3-2-4-7(8)12/h2-5H,6H2,1H3,(H2,13,14,15,16)/t11-/m1/s1. The Kier molecular flexibility index (Phi) is 3.31. The van der Waals surface area contributed by atoms with E-state index in [4.69, 9.17) is 11.6 Å². The summed E-state index contributed by atoms with van der Waals surface area (Å²) >= 11 is 7.45. The Hall–Kier alpha value is -1.20. The van der Waals surface area contributed by atoms with E-state index in [0.717, 1.165) is 4.90 Å². The third kappa shape index (κ3) is 2.56. The van der Waals surface area contributed by atoms with E-state index in [1.807, 2.05) is 18.2 Å². The largest absolute Gasteiger partial charge is 0.323 e. The van der Waals surface area contributed by atoms with Crippen LogP contribution in [0.5, 0.6) is 0 Å². The maximum Gasteiger partial charge on any atom is 0.322 e. The number of thioether (sulfide) groups is 1. The lowest BCUT2D eigenvalue weighted by atomic mass is 10.1. The lowest BCUT2D eigenvalue weighted by molar-refractivity contribution is -0.122. The number of benzene rings is 1. The minimum Gasteiger partial charge on any atom is -0.323 e. The van der Waals surface area contributed by atoms with Gasteiger partial charge in [-0.15, -0.1) is 11.8 Å². The van der Waals surface area contributed by atoms with Crippen molar-refractivity contribution in [3.05, 3.63) is 29.3 Å². The molecule has 2 rings (SSSR count). The van der Waals surface area contributed by atoms with Crippen LogP contribution < -0.4 is 10.6 Å². The van der Waals surface area contributed by atoms with Crippen LogP contribution in [0.1, 0.15) is 6.92 Å². The van der Waals surface area contributed by atoms with Crippen LogP contribution in [-0.4, -0.2) is 23.2 Å². The summed E-state index contributed by atoms with van der Waals surface area (Å²) < 4.78 is 0. The molecule has 1 aromatic rings. The van der Waals surface area contributed by atoms with Gasteiger partial charge in [0.05, 0.1) is 5.02 Å². The summed E-state index contributed by atoms with van der Waals surface area (Å²) in [6.45, 7) is 1.69. The number of carbonyl (C=O) groups is 2. The molecule has 1 heterocycles. The van der Waals surface area contributed by atoms with Crippen molar-refractivity contribution < 1.29 is 9.59 Å². The number of hydrogen-bond acceptors (Lipinski definition) is 3. The summed E-state index contributed by atoms with van der Waals surface area (Å²) in [5.74, 6) is 0.135. The van der Waals surface area contributed by atoms with Gasteiger partial charge in [0.15, 0.2) is 0 Å². The first-order chi connectivity index (χ1) is 8.01. The number of rotatable bonds is 3. The van der Waals surface area contributed by atoms with E-state index in [1.54, 1.807) is 13.0 Å². The summed E-state index contributed by atoms with van der Waals surface area (Å²) in [7, 11) is 0. The molecule has 0 saturated carbocycles. The van der Waals surface area contributed by atoms with Crippen LogP contribution >= 0.6 is 23.4 Å². The van der Waals surface area contributed by atoms with Crippen LogP contribution in [0.4, 0.5) is 4.79 Å². The second-order valence-corrected chi connectivity index (χ2v) is 5.38. The van der Waals surface area contributed by atoms with Gasteiger partial charge in [-0.05, 0) is 19.1 Å². The molecule has 1 atom stereocenters. The van der Waals surface area contributed by atoms with E-state index in [0.29, 0.717) is 10.8 Å². The fraction of sp³-hybridized carbons (Fsp3) is 0.273. The highest BCUT2D eigenvalue weighted by atomic mass is 35.5. The molecule has 0 bridgehead atoms. The lowest BCUT2D eigenvalue weighted by Gasteiger charge is -2.19. The molecule has 1 aliphatic heterocycles. The number of hydrogen-bond donors (Lipinski definition) is 2. The highest BCUT2D eigenvalue weighted by Gasteiger charge is 2.41. The fourth-order valence-corrected chi connectivity index (χ4v) is 2.79. The molecule has 4 nitrogen and oxygen atoms in total. The van der Waals surface area contributed by atoms with Crippen molar-refractivity contribution in [2.75, 3.05) is 5.75 Å². The summed E-state index contributed by atoms with van der Waals surface area (Å²) in [5, 5.41) is 5.47. The zero-order valence-electron chi connectivity index (χ0n) is 9.12. The Labute approximate surface area is 108 Å². The van der Waals surface area contributed by atoms with Crippen LogP contribution in [0, 0.1) is 0 Å². The van der Waals surface area contributed by atoms with E-state index in [2.05, 4.69) is 10.6 Å². The van der Waals surface area contributed by atoms with Gasteiger partial charge in [0, 0.05) is 10.6 Å². The first-order valence-corrected chi connectivity index (χ1v) is 6.38. The quantitative estimate of drug-likeness (QED) is 0.653. The number of imide groups is 1. The molecule has 0 aromatic heterocycles. The first-order valence-electron chi connectivity index (χ1n) is 5.02. The maximum absolute atomic E-state index is 11.6. The Balaban J connectivity index is 2.06. The van der Waals surface area contributed by atoms with Gasteiger partial charge in [0.25, 0.3) is 5.91 Å². The molecule has 1 fully saturated rings. The predicted molar refractivity (Wildman–Crippen MR) is 67.3 cm³/mol. The van der Waals surface area contributed by atoms with Gasteiger partial charge >= 0.3 is 6.03 Å². The number of carbonyl (C=O) groups excluding carboxylic acids is 2. The Bertz CT molecular complexity index is 480. The molecule has 0 unspecified atom stereocenters. The smallest absolute Gasteiger partial charge is 0.322 e. The van der Waals surface area contributed by atoms with Gasteiger partial charge in [-0.3, -0.25) is 10.1 Å². The molecule has 0 spiro atoms. The third-order valence-electron chi connectivity index (χ3n) is 2.47. The molecule has 90 valence electrons. The van der Waals surface area contributed by atoms with Gasteiger partial charge in [0.1, 0.15) is 5.54 Å². The molecule has 17 heavy (non-hydrogen) atoms.